The first-order valence-corrected chi connectivity index (χ1v) is 9.14. The number of rotatable bonds is 6. The largest absolute Gasteiger partial charge is 0.345 e. The number of hydrogen-bond acceptors (Lipinski definition) is 3. The van der Waals surface area contributed by atoms with E-state index in [1.807, 2.05) is 28.9 Å². The van der Waals surface area contributed by atoms with Gasteiger partial charge in [-0.3, -0.25) is 4.79 Å². The van der Waals surface area contributed by atoms with Crippen LogP contribution in [-0.4, -0.2) is 20.7 Å². The molecule has 1 N–H and O–H groups in total. The first kappa shape index (κ1) is 18.1. The molecule has 1 aromatic carbocycles. The van der Waals surface area contributed by atoms with Gasteiger partial charge in [0.1, 0.15) is 0 Å². The number of carbonyl (C=O) groups excluding carboxylic acids is 1. The highest BCUT2D eigenvalue weighted by Gasteiger charge is 2.18. The zero-order chi connectivity index (χ0) is 18.7. The van der Waals surface area contributed by atoms with E-state index in [1.165, 1.54) is 0 Å². The van der Waals surface area contributed by atoms with Gasteiger partial charge in [0, 0.05) is 17.6 Å². The molecule has 2 aromatic heterocycles. The summed E-state index contributed by atoms with van der Waals surface area (Å²) in [6.45, 7) is 8.45. The van der Waals surface area contributed by atoms with Crippen molar-refractivity contribution in [3.05, 3.63) is 59.9 Å². The third kappa shape index (κ3) is 3.93. The minimum Gasteiger partial charge on any atom is -0.345 e. The highest BCUT2D eigenvalue weighted by molar-refractivity contribution is 5.97. The Morgan fingerprint density at radius 3 is 2.50 bits per heavy atom. The van der Waals surface area contributed by atoms with Gasteiger partial charge in [0.05, 0.1) is 17.8 Å². The van der Waals surface area contributed by atoms with Crippen LogP contribution in [0, 0.1) is 5.92 Å². The van der Waals surface area contributed by atoms with E-state index >= 15 is 0 Å². The van der Waals surface area contributed by atoms with Crippen molar-refractivity contribution in [3.63, 3.8) is 0 Å². The summed E-state index contributed by atoms with van der Waals surface area (Å²) in [6.07, 6.45) is 4.29. The Morgan fingerprint density at radius 1 is 1.12 bits per heavy atom. The van der Waals surface area contributed by atoms with Gasteiger partial charge in [-0.05, 0) is 37.8 Å². The Balaban J connectivity index is 1.84. The molecule has 1 atom stereocenters. The molecular formula is C21H26N4O. The molecule has 0 fully saturated rings. The predicted octanol–water partition coefficient (Wildman–Crippen LogP) is 4.53. The molecular weight excluding hydrogens is 324 g/mol. The maximum absolute atomic E-state index is 12.8. The highest BCUT2D eigenvalue weighted by Crippen LogP contribution is 2.22. The van der Waals surface area contributed by atoms with Crippen molar-refractivity contribution in [2.75, 3.05) is 0 Å². The molecule has 5 heteroatoms. The lowest BCUT2D eigenvalue weighted by atomic mass is 9.96. The van der Waals surface area contributed by atoms with Crippen molar-refractivity contribution >= 4 is 16.9 Å². The van der Waals surface area contributed by atoms with Crippen LogP contribution < -0.4 is 5.32 Å². The van der Waals surface area contributed by atoms with Crippen LogP contribution in [0.4, 0.5) is 0 Å². The van der Waals surface area contributed by atoms with E-state index in [9.17, 15) is 4.79 Å². The van der Waals surface area contributed by atoms with Gasteiger partial charge in [0.25, 0.3) is 5.91 Å². The molecule has 0 bridgehead atoms. The molecule has 0 saturated carbocycles. The predicted molar refractivity (Wildman–Crippen MR) is 104 cm³/mol. The topological polar surface area (TPSA) is 59.8 Å². The number of nitrogens with zero attached hydrogens (tertiary/aromatic N) is 3. The van der Waals surface area contributed by atoms with Crippen molar-refractivity contribution in [1.82, 2.24) is 20.1 Å². The maximum Gasteiger partial charge on any atom is 0.253 e. The Labute approximate surface area is 154 Å². The van der Waals surface area contributed by atoms with E-state index in [1.54, 1.807) is 12.4 Å². The van der Waals surface area contributed by atoms with Crippen molar-refractivity contribution in [3.8, 4) is 0 Å². The van der Waals surface area contributed by atoms with E-state index in [2.05, 4.69) is 55.2 Å². The molecule has 0 unspecified atom stereocenters. The summed E-state index contributed by atoms with van der Waals surface area (Å²) < 4.78 is 1.86. The summed E-state index contributed by atoms with van der Waals surface area (Å²) in [4.78, 5) is 17.3. The van der Waals surface area contributed by atoms with Crippen LogP contribution in [0.15, 0.2) is 48.8 Å². The van der Waals surface area contributed by atoms with Crippen LogP contribution in [0.1, 0.15) is 62.1 Å². The number of fused-ring (bicyclic) bond motifs is 1. The number of hydrogen-bond donors (Lipinski definition) is 1. The number of pyridine rings is 1. The lowest BCUT2D eigenvalue weighted by Crippen LogP contribution is -2.29. The number of amides is 1. The van der Waals surface area contributed by atoms with Crippen molar-refractivity contribution in [1.29, 1.82) is 0 Å². The second kappa shape index (κ2) is 7.68. The average molecular weight is 350 g/mol. The molecule has 0 spiro atoms. The summed E-state index contributed by atoms with van der Waals surface area (Å²) in [5.74, 6) is 0.372. The summed E-state index contributed by atoms with van der Waals surface area (Å²) in [5.41, 5.74) is 2.49. The minimum atomic E-state index is -0.105. The standard InChI is InChI=1S/C21H26N4O/c1-14(2)10-19(16-8-6-5-7-9-16)24-21(26)18-11-17-13-23-25(15(3)4)20(17)22-12-18/h5-9,11-15,19H,10H2,1-4H3,(H,24,26)/t19-/m0/s1. The van der Waals surface area contributed by atoms with Gasteiger partial charge in [0.15, 0.2) is 5.65 Å². The number of benzene rings is 1. The van der Waals surface area contributed by atoms with E-state index in [-0.39, 0.29) is 18.0 Å². The van der Waals surface area contributed by atoms with E-state index < -0.39 is 0 Å². The Hall–Kier alpha value is -2.69. The molecule has 26 heavy (non-hydrogen) atoms. The van der Waals surface area contributed by atoms with Gasteiger partial charge in [-0.15, -0.1) is 0 Å². The van der Waals surface area contributed by atoms with Crippen LogP contribution in [0.25, 0.3) is 11.0 Å². The molecule has 3 rings (SSSR count). The second-order valence-corrected chi connectivity index (χ2v) is 7.39. The minimum absolute atomic E-state index is 0.0159. The third-order valence-electron chi connectivity index (χ3n) is 4.40. The fourth-order valence-electron chi connectivity index (χ4n) is 3.12. The van der Waals surface area contributed by atoms with Crippen molar-refractivity contribution in [2.24, 2.45) is 5.92 Å². The number of aromatic nitrogens is 3. The van der Waals surface area contributed by atoms with E-state index in [0.29, 0.717) is 11.5 Å². The van der Waals surface area contributed by atoms with Crippen molar-refractivity contribution < 1.29 is 4.79 Å². The lowest BCUT2D eigenvalue weighted by Gasteiger charge is -2.21. The highest BCUT2D eigenvalue weighted by atomic mass is 16.1. The molecule has 3 aromatic rings. The Kier molecular flexibility index (Phi) is 5.35. The van der Waals surface area contributed by atoms with Gasteiger partial charge in [-0.1, -0.05) is 44.2 Å². The van der Waals surface area contributed by atoms with Crippen LogP contribution in [0.2, 0.25) is 0 Å². The zero-order valence-electron chi connectivity index (χ0n) is 15.8. The van der Waals surface area contributed by atoms with Gasteiger partial charge in [-0.2, -0.15) is 5.10 Å². The normalized spacial score (nSPS) is 12.7. The third-order valence-corrected chi connectivity index (χ3v) is 4.40. The molecule has 0 aliphatic heterocycles. The molecule has 0 radical (unpaired) electrons. The first-order valence-electron chi connectivity index (χ1n) is 9.14. The summed E-state index contributed by atoms with van der Waals surface area (Å²) >= 11 is 0. The fraction of sp³-hybridized carbons (Fsp3) is 0.381. The van der Waals surface area contributed by atoms with Crippen LogP contribution in [0.3, 0.4) is 0 Å². The molecule has 136 valence electrons. The number of nitrogens with one attached hydrogen (secondary N) is 1. The molecule has 0 saturated heterocycles. The van der Waals surface area contributed by atoms with Crippen LogP contribution in [0.5, 0.6) is 0 Å². The van der Waals surface area contributed by atoms with Gasteiger partial charge in [-0.25, -0.2) is 9.67 Å². The van der Waals surface area contributed by atoms with Gasteiger partial charge >= 0.3 is 0 Å². The summed E-state index contributed by atoms with van der Waals surface area (Å²) in [5, 5.41) is 8.42. The molecule has 0 aliphatic rings. The maximum atomic E-state index is 12.8. The van der Waals surface area contributed by atoms with Crippen LogP contribution in [-0.2, 0) is 0 Å². The van der Waals surface area contributed by atoms with Crippen molar-refractivity contribution in [2.45, 2.75) is 46.2 Å². The monoisotopic (exact) mass is 350 g/mol. The quantitative estimate of drug-likeness (QED) is 0.710. The van der Waals surface area contributed by atoms with Crippen LogP contribution >= 0.6 is 0 Å². The van der Waals surface area contributed by atoms with Gasteiger partial charge < -0.3 is 5.32 Å². The summed E-state index contributed by atoms with van der Waals surface area (Å²) in [7, 11) is 0. The lowest BCUT2D eigenvalue weighted by molar-refractivity contribution is 0.0931. The fourth-order valence-corrected chi connectivity index (χ4v) is 3.12. The summed E-state index contributed by atoms with van der Waals surface area (Å²) in [6, 6.07) is 12.2. The average Bonchev–Trinajstić information content (AvgIpc) is 3.05. The molecule has 5 nitrogen and oxygen atoms in total. The molecule has 1 amide bonds. The van der Waals surface area contributed by atoms with E-state index in [4.69, 9.17) is 0 Å². The Morgan fingerprint density at radius 2 is 1.85 bits per heavy atom. The zero-order valence-corrected chi connectivity index (χ0v) is 15.8. The van der Waals surface area contributed by atoms with E-state index in [0.717, 1.165) is 23.0 Å². The van der Waals surface area contributed by atoms with Gasteiger partial charge in [0.2, 0.25) is 0 Å². The second-order valence-electron chi connectivity index (χ2n) is 7.39. The first-order chi connectivity index (χ1) is 12.5. The number of carbonyl (C=O) groups is 1. The smallest absolute Gasteiger partial charge is 0.253 e. The Bertz CT molecular complexity index is 883. The molecule has 2 heterocycles. The molecule has 0 aliphatic carbocycles. The SMILES string of the molecule is CC(C)C[C@H](NC(=O)c1cnc2c(cnn2C(C)C)c1)c1ccccc1.